The second-order valence-corrected chi connectivity index (χ2v) is 8.32. The largest absolute Gasteiger partial charge is 0.433 e. The number of aromatic nitrogens is 5. The molecule has 0 spiro atoms. The number of hydrogen-bond acceptors (Lipinski definition) is 7. The van der Waals surface area contributed by atoms with Crippen LogP contribution in [0.3, 0.4) is 0 Å². The Morgan fingerprint density at radius 1 is 1.33 bits per heavy atom. The van der Waals surface area contributed by atoms with Crippen LogP contribution in [0.5, 0.6) is 0 Å². The minimum absolute atomic E-state index is 0.0128. The summed E-state index contributed by atoms with van der Waals surface area (Å²) < 4.78 is 66.6. The van der Waals surface area contributed by atoms with E-state index in [-0.39, 0.29) is 36.8 Å². The van der Waals surface area contributed by atoms with Gasteiger partial charge >= 0.3 is 6.18 Å². The maximum absolute atomic E-state index is 13.3. The van der Waals surface area contributed by atoms with Crippen LogP contribution in [-0.2, 0) is 21.9 Å². The summed E-state index contributed by atoms with van der Waals surface area (Å²) in [5.74, 6) is -0.0607. The fourth-order valence-electron chi connectivity index (χ4n) is 3.23. The SMILES string of the molecule is N#Cc1cc2nc(C(F)(F)F)cc(NCC3(n4cccn4)CN(S(N)(=O)=O)C3)n2n1. The third-order valence-corrected chi connectivity index (χ3v) is 5.70. The van der Waals surface area contributed by atoms with Crippen LogP contribution in [0.15, 0.2) is 30.6 Å². The fraction of sp³-hybridized carbons (Fsp3) is 0.333. The van der Waals surface area contributed by atoms with E-state index in [2.05, 4.69) is 20.5 Å². The van der Waals surface area contributed by atoms with Crippen LogP contribution >= 0.6 is 0 Å². The minimum atomic E-state index is -4.71. The number of rotatable bonds is 5. The highest BCUT2D eigenvalue weighted by molar-refractivity contribution is 7.86. The number of nitriles is 1. The van der Waals surface area contributed by atoms with E-state index in [9.17, 15) is 21.6 Å². The van der Waals surface area contributed by atoms with Gasteiger partial charge in [0, 0.05) is 44.2 Å². The highest BCUT2D eigenvalue weighted by Crippen LogP contribution is 2.33. The molecule has 0 atom stereocenters. The lowest BCUT2D eigenvalue weighted by atomic mass is 9.92. The molecule has 30 heavy (non-hydrogen) atoms. The number of fused-ring (bicyclic) bond motifs is 1. The lowest BCUT2D eigenvalue weighted by Crippen LogP contribution is -2.68. The number of hydrogen-bond donors (Lipinski definition) is 2. The van der Waals surface area contributed by atoms with E-state index in [1.54, 1.807) is 18.3 Å². The van der Waals surface area contributed by atoms with E-state index in [1.165, 1.54) is 10.9 Å². The maximum atomic E-state index is 13.3. The lowest BCUT2D eigenvalue weighted by molar-refractivity contribution is -0.141. The average molecular weight is 441 g/mol. The smallest absolute Gasteiger partial charge is 0.367 e. The summed E-state index contributed by atoms with van der Waals surface area (Å²) in [5.41, 5.74) is -2.29. The molecule has 3 aromatic rings. The van der Waals surface area contributed by atoms with Gasteiger partial charge in [-0.05, 0) is 6.07 Å². The van der Waals surface area contributed by atoms with Crippen molar-refractivity contribution in [1.29, 1.82) is 5.26 Å². The van der Waals surface area contributed by atoms with E-state index in [4.69, 9.17) is 10.4 Å². The zero-order valence-electron chi connectivity index (χ0n) is 15.1. The first-order chi connectivity index (χ1) is 14.0. The number of nitrogens with two attached hydrogens (primary N) is 1. The van der Waals surface area contributed by atoms with Gasteiger partial charge in [-0.3, -0.25) is 4.68 Å². The summed E-state index contributed by atoms with van der Waals surface area (Å²) in [6, 6.07) is 5.30. The second-order valence-electron chi connectivity index (χ2n) is 6.78. The molecule has 0 radical (unpaired) electrons. The summed E-state index contributed by atoms with van der Waals surface area (Å²) in [6.07, 6.45) is -1.59. The average Bonchev–Trinajstić information content (AvgIpc) is 3.28. The van der Waals surface area contributed by atoms with Gasteiger partial charge in [0.15, 0.2) is 17.0 Å². The van der Waals surface area contributed by atoms with Gasteiger partial charge in [0.25, 0.3) is 10.2 Å². The van der Waals surface area contributed by atoms with Crippen molar-refractivity contribution in [3.8, 4) is 6.07 Å². The molecule has 0 bridgehead atoms. The highest BCUT2D eigenvalue weighted by atomic mass is 32.2. The van der Waals surface area contributed by atoms with E-state index in [0.29, 0.717) is 0 Å². The zero-order chi connectivity index (χ0) is 21.7. The highest BCUT2D eigenvalue weighted by Gasteiger charge is 2.49. The molecule has 1 saturated heterocycles. The third-order valence-electron chi connectivity index (χ3n) is 4.72. The summed E-state index contributed by atoms with van der Waals surface area (Å²) in [5, 5.41) is 25.1. The first-order valence-corrected chi connectivity index (χ1v) is 9.92. The molecular weight excluding hydrogens is 427 g/mol. The Hall–Kier alpha value is -3.22. The van der Waals surface area contributed by atoms with Gasteiger partial charge in [-0.25, -0.2) is 10.1 Å². The minimum Gasteiger partial charge on any atom is -0.367 e. The predicted molar refractivity (Wildman–Crippen MR) is 96.1 cm³/mol. The summed E-state index contributed by atoms with van der Waals surface area (Å²) in [7, 11) is -3.92. The van der Waals surface area contributed by atoms with Crippen LogP contribution in [0.1, 0.15) is 11.4 Å². The van der Waals surface area contributed by atoms with Crippen molar-refractivity contribution in [3.63, 3.8) is 0 Å². The Morgan fingerprint density at radius 3 is 2.63 bits per heavy atom. The molecule has 0 aromatic carbocycles. The second kappa shape index (κ2) is 6.65. The molecule has 0 amide bonds. The van der Waals surface area contributed by atoms with Crippen molar-refractivity contribution in [2.24, 2.45) is 5.14 Å². The first kappa shape index (κ1) is 20.1. The number of halogens is 3. The molecular formula is C15H14F3N9O2S. The third kappa shape index (κ3) is 3.44. The number of nitrogens with one attached hydrogen (secondary N) is 1. The lowest BCUT2D eigenvalue weighted by Gasteiger charge is -2.48. The van der Waals surface area contributed by atoms with Gasteiger partial charge in [0.05, 0.1) is 0 Å². The zero-order valence-corrected chi connectivity index (χ0v) is 15.9. The summed E-state index contributed by atoms with van der Waals surface area (Å²) >= 11 is 0. The summed E-state index contributed by atoms with van der Waals surface area (Å²) in [6.45, 7) is -0.0360. The van der Waals surface area contributed by atoms with Crippen LogP contribution in [0.25, 0.3) is 5.65 Å². The molecule has 0 unspecified atom stereocenters. The van der Waals surface area contributed by atoms with Crippen molar-refractivity contribution in [2.45, 2.75) is 11.7 Å². The van der Waals surface area contributed by atoms with Gasteiger partial charge in [0.1, 0.15) is 17.4 Å². The van der Waals surface area contributed by atoms with E-state index >= 15 is 0 Å². The molecule has 4 heterocycles. The van der Waals surface area contributed by atoms with Crippen molar-refractivity contribution in [2.75, 3.05) is 25.0 Å². The number of alkyl halides is 3. The molecule has 4 rings (SSSR count). The van der Waals surface area contributed by atoms with Crippen LogP contribution in [-0.4, -0.2) is 56.7 Å². The molecule has 0 saturated carbocycles. The Morgan fingerprint density at radius 2 is 2.07 bits per heavy atom. The predicted octanol–water partition coefficient (Wildman–Crippen LogP) is 0.143. The van der Waals surface area contributed by atoms with Crippen LogP contribution in [0, 0.1) is 11.3 Å². The van der Waals surface area contributed by atoms with Crippen molar-refractivity contribution >= 4 is 21.7 Å². The Balaban J connectivity index is 1.69. The quantitative estimate of drug-likeness (QED) is 0.572. The molecule has 15 heteroatoms. The van der Waals surface area contributed by atoms with Crippen LogP contribution in [0.2, 0.25) is 0 Å². The molecule has 11 nitrogen and oxygen atoms in total. The standard InChI is InChI=1S/C15H14F3N9O2S/c16-15(17,18)11-5-12(27-13(23-11)4-10(6-19)24-27)21-7-14(26-3-1-2-22-26)8-25(9-14)30(20,28)29/h1-5,21H,7-9H2,(H2,20,28,29). The first-order valence-electron chi connectivity index (χ1n) is 8.42. The monoisotopic (exact) mass is 441 g/mol. The number of nitrogens with zero attached hydrogens (tertiary/aromatic N) is 7. The molecule has 1 aliphatic heterocycles. The Bertz CT molecular complexity index is 1240. The molecule has 3 aromatic heterocycles. The van der Waals surface area contributed by atoms with E-state index < -0.39 is 27.6 Å². The van der Waals surface area contributed by atoms with E-state index in [0.717, 1.165) is 21.0 Å². The molecule has 1 aliphatic rings. The van der Waals surface area contributed by atoms with Crippen molar-refractivity contribution < 1.29 is 21.6 Å². The van der Waals surface area contributed by atoms with Gasteiger partial charge < -0.3 is 5.32 Å². The van der Waals surface area contributed by atoms with E-state index in [1.807, 2.05) is 0 Å². The maximum Gasteiger partial charge on any atom is 0.433 e. The Labute approximate surface area is 167 Å². The van der Waals surface area contributed by atoms with Gasteiger partial charge in [-0.15, -0.1) is 0 Å². The van der Waals surface area contributed by atoms with Crippen molar-refractivity contribution in [1.82, 2.24) is 28.7 Å². The molecule has 158 valence electrons. The number of anilines is 1. The summed E-state index contributed by atoms with van der Waals surface area (Å²) in [4.78, 5) is 3.51. The van der Waals surface area contributed by atoms with Crippen LogP contribution in [0.4, 0.5) is 19.0 Å². The van der Waals surface area contributed by atoms with Gasteiger partial charge in [0.2, 0.25) is 0 Å². The molecule has 1 fully saturated rings. The Kier molecular flexibility index (Phi) is 4.45. The fourth-order valence-corrected chi connectivity index (χ4v) is 4.07. The molecule has 0 aliphatic carbocycles. The topological polar surface area (TPSA) is 147 Å². The van der Waals surface area contributed by atoms with Gasteiger partial charge in [-0.2, -0.15) is 45.9 Å². The van der Waals surface area contributed by atoms with Gasteiger partial charge in [-0.1, -0.05) is 0 Å². The van der Waals surface area contributed by atoms with Crippen molar-refractivity contribution in [3.05, 3.63) is 42.0 Å². The molecule has 3 N–H and O–H groups in total. The normalized spacial score (nSPS) is 16.9. The van der Waals surface area contributed by atoms with Crippen LogP contribution < -0.4 is 10.5 Å².